The third kappa shape index (κ3) is 3.43. The Bertz CT molecular complexity index is 586. The molecule has 5 heteroatoms. The highest BCUT2D eigenvalue weighted by atomic mass is 35.5. The Kier molecular flexibility index (Phi) is 4.71. The van der Waals surface area contributed by atoms with E-state index >= 15 is 0 Å². The summed E-state index contributed by atoms with van der Waals surface area (Å²) in [5.41, 5.74) is 1.39. The first-order chi connectivity index (χ1) is 9.22. The fourth-order valence-corrected chi connectivity index (χ4v) is 2.03. The first-order valence-electron chi connectivity index (χ1n) is 6.26. The molecule has 1 aromatic heterocycles. The molecular formula is C14H16ClN3O. The zero-order chi connectivity index (χ0) is 13.7. The van der Waals surface area contributed by atoms with Gasteiger partial charge in [-0.3, -0.25) is 9.78 Å². The van der Waals surface area contributed by atoms with E-state index in [1.807, 2.05) is 12.1 Å². The van der Waals surface area contributed by atoms with Gasteiger partial charge >= 0.3 is 0 Å². The van der Waals surface area contributed by atoms with Gasteiger partial charge in [-0.15, -0.1) is 0 Å². The lowest BCUT2D eigenvalue weighted by Crippen LogP contribution is -2.28. The number of fused-ring (bicyclic) bond motifs is 1. The lowest BCUT2D eigenvalue weighted by Gasteiger charge is -2.09. The second-order valence-electron chi connectivity index (χ2n) is 4.22. The number of carbonyl (C=O) groups is 1. The van der Waals surface area contributed by atoms with Crippen molar-refractivity contribution < 1.29 is 4.79 Å². The van der Waals surface area contributed by atoms with Crippen LogP contribution in [0.3, 0.4) is 0 Å². The topological polar surface area (TPSA) is 54.0 Å². The number of hydrogen-bond donors (Lipinski definition) is 2. The third-order valence-corrected chi connectivity index (χ3v) is 3.03. The summed E-state index contributed by atoms with van der Waals surface area (Å²) in [6.07, 6.45) is 2.68. The third-order valence-electron chi connectivity index (χ3n) is 2.70. The SMILES string of the molecule is CCCNCC(=O)Nc1ccc(Cl)c2cccnc12. The van der Waals surface area contributed by atoms with E-state index in [1.165, 1.54) is 0 Å². The van der Waals surface area contributed by atoms with Crippen LogP contribution in [0.1, 0.15) is 13.3 Å². The highest BCUT2D eigenvalue weighted by molar-refractivity contribution is 6.35. The number of nitrogens with one attached hydrogen (secondary N) is 2. The van der Waals surface area contributed by atoms with Crippen LogP contribution in [0.15, 0.2) is 30.5 Å². The van der Waals surface area contributed by atoms with Crippen molar-refractivity contribution in [2.45, 2.75) is 13.3 Å². The van der Waals surface area contributed by atoms with Gasteiger partial charge in [0.15, 0.2) is 0 Å². The molecule has 2 N–H and O–H groups in total. The summed E-state index contributed by atoms with van der Waals surface area (Å²) in [6.45, 7) is 3.18. The Hall–Kier alpha value is -1.65. The van der Waals surface area contributed by atoms with Crippen LogP contribution in [0.2, 0.25) is 5.02 Å². The van der Waals surface area contributed by atoms with Gasteiger partial charge in [-0.2, -0.15) is 0 Å². The van der Waals surface area contributed by atoms with E-state index in [2.05, 4.69) is 22.5 Å². The van der Waals surface area contributed by atoms with Crippen molar-refractivity contribution >= 4 is 34.1 Å². The van der Waals surface area contributed by atoms with Crippen molar-refractivity contribution in [3.63, 3.8) is 0 Å². The lowest BCUT2D eigenvalue weighted by molar-refractivity contribution is -0.115. The van der Waals surface area contributed by atoms with Gasteiger partial charge in [0.2, 0.25) is 5.91 Å². The van der Waals surface area contributed by atoms with Crippen LogP contribution in [0, 0.1) is 0 Å². The minimum Gasteiger partial charge on any atom is -0.323 e. The van der Waals surface area contributed by atoms with E-state index in [1.54, 1.807) is 18.3 Å². The summed E-state index contributed by atoms with van der Waals surface area (Å²) in [4.78, 5) is 16.1. The minimum absolute atomic E-state index is 0.0808. The fraction of sp³-hybridized carbons (Fsp3) is 0.286. The van der Waals surface area contributed by atoms with Crippen molar-refractivity contribution in [3.05, 3.63) is 35.5 Å². The molecule has 100 valence electrons. The maximum atomic E-state index is 11.8. The molecular weight excluding hydrogens is 262 g/mol. The average Bonchev–Trinajstić information content (AvgIpc) is 2.43. The zero-order valence-corrected chi connectivity index (χ0v) is 11.5. The molecule has 0 saturated heterocycles. The van der Waals surface area contributed by atoms with Crippen LogP contribution in [-0.4, -0.2) is 24.0 Å². The maximum Gasteiger partial charge on any atom is 0.238 e. The number of amides is 1. The van der Waals surface area contributed by atoms with E-state index in [9.17, 15) is 4.79 Å². The van der Waals surface area contributed by atoms with Crippen molar-refractivity contribution in [1.29, 1.82) is 0 Å². The number of nitrogens with zero attached hydrogens (tertiary/aromatic N) is 1. The fourth-order valence-electron chi connectivity index (χ4n) is 1.81. The highest BCUT2D eigenvalue weighted by Crippen LogP contribution is 2.27. The van der Waals surface area contributed by atoms with Crippen LogP contribution in [-0.2, 0) is 4.79 Å². The second-order valence-corrected chi connectivity index (χ2v) is 4.63. The number of hydrogen-bond acceptors (Lipinski definition) is 3. The number of rotatable bonds is 5. The summed E-state index contributed by atoms with van der Waals surface area (Å²) in [5, 5.41) is 7.37. The molecule has 0 aliphatic heterocycles. The quantitative estimate of drug-likeness (QED) is 0.827. The molecule has 0 saturated carbocycles. The van der Waals surface area contributed by atoms with Gasteiger partial charge < -0.3 is 10.6 Å². The van der Waals surface area contributed by atoms with Crippen LogP contribution in [0.25, 0.3) is 10.9 Å². The molecule has 0 unspecified atom stereocenters. The lowest BCUT2D eigenvalue weighted by atomic mass is 10.2. The largest absolute Gasteiger partial charge is 0.323 e. The average molecular weight is 278 g/mol. The molecule has 0 atom stereocenters. The molecule has 0 spiro atoms. The van der Waals surface area contributed by atoms with Gasteiger partial charge in [0.25, 0.3) is 0 Å². The highest BCUT2D eigenvalue weighted by Gasteiger charge is 2.08. The minimum atomic E-state index is -0.0808. The molecule has 2 aromatic rings. The predicted molar refractivity (Wildman–Crippen MR) is 78.5 cm³/mol. The number of anilines is 1. The molecule has 0 radical (unpaired) electrons. The Morgan fingerprint density at radius 2 is 2.21 bits per heavy atom. The molecule has 1 heterocycles. The smallest absolute Gasteiger partial charge is 0.238 e. The summed E-state index contributed by atoms with van der Waals surface area (Å²) in [6, 6.07) is 7.24. The number of aromatic nitrogens is 1. The van der Waals surface area contributed by atoms with Crippen molar-refractivity contribution in [1.82, 2.24) is 10.3 Å². The first-order valence-corrected chi connectivity index (χ1v) is 6.64. The Morgan fingerprint density at radius 3 is 3.00 bits per heavy atom. The van der Waals surface area contributed by atoms with Crippen LogP contribution < -0.4 is 10.6 Å². The van der Waals surface area contributed by atoms with Crippen molar-refractivity contribution in [2.75, 3.05) is 18.4 Å². The van der Waals surface area contributed by atoms with Gasteiger partial charge in [-0.1, -0.05) is 18.5 Å². The van der Waals surface area contributed by atoms with E-state index in [0.717, 1.165) is 18.4 Å². The molecule has 1 aromatic carbocycles. The monoisotopic (exact) mass is 277 g/mol. The van der Waals surface area contributed by atoms with Crippen molar-refractivity contribution in [3.8, 4) is 0 Å². The zero-order valence-electron chi connectivity index (χ0n) is 10.7. The molecule has 19 heavy (non-hydrogen) atoms. The van der Waals surface area contributed by atoms with Crippen LogP contribution in [0.5, 0.6) is 0 Å². The summed E-state index contributed by atoms with van der Waals surface area (Å²) in [7, 11) is 0. The second kappa shape index (κ2) is 6.50. The van der Waals surface area contributed by atoms with Crippen molar-refractivity contribution in [2.24, 2.45) is 0 Å². The standard InChI is InChI=1S/C14H16ClN3O/c1-2-7-16-9-13(19)18-12-6-5-11(15)10-4-3-8-17-14(10)12/h3-6,8,16H,2,7,9H2,1H3,(H,18,19). The molecule has 0 bridgehead atoms. The van der Waals surface area contributed by atoms with E-state index in [-0.39, 0.29) is 5.91 Å². The van der Waals surface area contributed by atoms with Gasteiger partial charge in [0.05, 0.1) is 22.8 Å². The van der Waals surface area contributed by atoms with E-state index < -0.39 is 0 Å². The first kappa shape index (κ1) is 13.8. The van der Waals surface area contributed by atoms with Gasteiger partial charge in [0, 0.05) is 11.6 Å². The number of pyridine rings is 1. The summed E-state index contributed by atoms with van der Waals surface area (Å²) >= 11 is 6.10. The Morgan fingerprint density at radius 1 is 1.37 bits per heavy atom. The van der Waals surface area contributed by atoms with E-state index in [0.29, 0.717) is 22.8 Å². The number of carbonyl (C=O) groups excluding carboxylic acids is 1. The maximum absolute atomic E-state index is 11.8. The normalized spacial score (nSPS) is 10.6. The molecule has 4 nitrogen and oxygen atoms in total. The molecule has 1 amide bonds. The molecule has 0 aliphatic rings. The molecule has 0 aliphatic carbocycles. The summed E-state index contributed by atoms with van der Waals surface area (Å²) in [5.74, 6) is -0.0808. The van der Waals surface area contributed by atoms with Crippen LogP contribution in [0.4, 0.5) is 5.69 Å². The number of halogens is 1. The summed E-state index contributed by atoms with van der Waals surface area (Å²) < 4.78 is 0. The molecule has 2 rings (SSSR count). The van der Waals surface area contributed by atoms with Crippen LogP contribution >= 0.6 is 11.6 Å². The Balaban J connectivity index is 2.17. The molecule has 0 fully saturated rings. The number of benzene rings is 1. The Labute approximate surface area is 117 Å². The van der Waals surface area contributed by atoms with Gasteiger partial charge in [0.1, 0.15) is 0 Å². The van der Waals surface area contributed by atoms with Gasteiger partial charge in [-0.05, 0) is 37.2 Å². The van der Waals surface area contributed by atoms with E-state index in [4.69, 9.17) is 11.6 Å². The van der Waals surface area contributed by atoms with Gasteiger partial charge in [-0.25, -0.2) is 0 Å². The predicted octanol–water partition coefficient (Wildman–Crippen LogP) is 2.83.